The molecule has 2 aromatic rings. The van der Waals surface area contributed by atoms with Gasteiger partial charge in [-0.1, -0.05) is 31.4 Å². The fourth-order valence-electron chi connectivity index (χ4n) is 3.73. The molecule has 0 N–H and O–H groups in total. The van der Waals surface area contributed by atoms with Crippen LogP contribution in [0.5, 0.6) is 0 Å². The van der Waals surface area contributed by atoms with Gasteiger partial charge in [0.15, 0.2) is 0 Å². The highest BCUT2D eigenvalue weighted by Crippen LogP contribution is 2.24. The van der Waals surface area contributed by atoms with Gasteiger partial charge < -0.3 is 14.2 Å². The lowest BCUT2D eigenvalue weighted by Gasteiger charge is -2.34. The molecule has 0 spiro atoms. The number of carbonyl (C=O) groups excluding carboxylic acids is 1. The summed E-state index contributed by atoms with van der Waals surface area (Å²) < 4.78 is 20.3. The summed E-state index contributed by atoms with van der Waals surface area (Å²) in [6, 6.07) is 10.9. The monoisotopic (exact) mass is 358 g/mol. The van der Waals surface area contributed by atoms with E-state index in [0.717, 1.165) is 24.1 Å². The van der Waals surface area contributed by atoms with Crippen molar-refractivity contribution >= 4 is 5.91 Å². The van der Waals surface area contributed by atoms with Crippen molar-refractivity contribution in [2.45, 2.75) is 51.2 Å². The molecule has 5 heteroatoms. The summed E-state index contributed by atoms with van der Waals surface area (Å²) in [5, 5.41) is 0. The van der Waals surface area contributed by atoms with Crippen LogP contribution in [0, 0.1) is 5.82 Å². The quantitative estimate of drug-likeness (QED) is 0.750. The summed E-state index contributed by atoms with van der Waals surface area (Å²) >= 11 is 0. The van der Waals surface area contributed by atoms with E-state index in [1.807, 2.05) is 17.2 Å². The van der Waals surface area contributed by atoms with E-state index >= 15 is 0 Å². The summed E-state index contributed by atoms with van der Waals surface area (Å²) in [6.45, 7) is 1.37. The van der Waals surface area contributed by atoms with Crippen LogP contribution in [-0.2, 0) is 22.6 Å². The number of rotatable bonds is 7. The Bertz CT molecular complexity index is 705. The largest absolute Gasteiger partial charge is 0.375 e. The summed E-state index contributed by atoms with van der Waals surface area (Å²) in [4.78, 5) is 14.6. The molecule has 1 aromatic heterocycles. The van der Waals surface area contributed by atoms with Gasteiger partial charge in [0.2, 0.25) is 5.91 Å². The second-order valence-corrected chi connectivity index (χ2v) is 7.00. The number of amides is 1. The van der Waals surface area contributed by atoms with Crippen molar-refractivity contribution in [1.29, 1.82) is 0 Å². The van der Waals surface area contributed by atoms with Crippen LogP contribution in [0.2, 0.25) is 0 Å². The van der Waals surface area contributed by atoms with E-state index < -0.39 is 0 Å². The summed E-state index contributed by atoms with van der Waals surface area (Å²) in [5.74, 6) is -0.177. The molecule has 1 aliphatic carbocycles. The van der Waals surface area contributed by atoms with Gasteiger partial charge in [-0.15, -0.1) is 0 Å². The van der Waals surface area contributed by atoms with Crippen LogP contribution in [0.1, 0.15) is 43.4 Å². The molecule has 0 unspecified atom stereocenters. The number of nitrogens with zero attached hydrogens (tertiary/aromatic N) is 2. The highest BCUT2D eigenvalue weighted by atomic mass is 19.1. The highest BCUT2D eigenvalue weighted by molar-refractivity contribution is 5.77. The molecule has 0 saturated heterocycles. The Balaban J connectivity index is 1.75. The van der Waals surface area contributed by atoms with Crippen molar-refractivity contribution < 1.29 is 13.9 Å². The van der Waals surface area contributed by atoms with Gasteiger partial charge in [-0.05, 0) is 42.7 Å². The Morgan fingerprint density at radius 2 is 1.92 bits per heavy atom. The fraction of sp³-hybridized carbons (Fsp3) is 0.476. The van der Waals surface area contributed by atoms with Crippen molar-refractivity contribution in [1.82, 2.24) is 9.47 Å². The minimum atomic E-state index is -0.227. The molecule has 0 atom stereocenters. The van der Waals surface area contributed by atoms with Gasteiger partial charge in [-0.2, -0.15) is 0 Å². The van der Waals surface area contributed by atoms with Crippen molar-refractivity contribution in [3.05, 3.63) is 59.7 Å². The van der Waals surface area contributed by atoms with Gasteiger partial charge in [0.25, 0.3) is 0 Å². The van der Waals surface area contributed by atoms with Crippen molar-refractivity contribution in [3.8, 4) is 0 Å². The molecule has 1 fully saturated rings. The summed E-state index contributed by atoms with van der Waals surface area (Å²) in [5.41, 5.74) is 2.13. The van der Waals surface area contributed by atoms with Crippen LogP contribution >= 0.6 is 0 Å². The van der Waals surface area contributed by atoms with E-state index in [-0.39, 0.29) is 18.3 Å². The molecule has 0 aliphatic heterocycles. The lowest BCUT2D eigenvalue weighted by Crippen LogP contribution is -2.43. The minimum absolute atomic E-state index is 0.0499. The number of hydrogen-bond donors (Lipinski definition) is 0. The molecule has 4 nitrogen and oxygen atoms in total. The molecule has 0 bridgehead atoms. The standard InChI is InChI=1S/C21H27FN2O2/c1-26-16-21(25)24(19-6-3-2-4-7-19)15-20-8-5-13-23(20)14-17-9-11-18(22)12-10-17/h5,8-13,19H,2-4,6-7,14-16H2,1H3. The fourth-order valence-corrected chi connectivity index (χ4v) is 3.73. The first kappa shape index (κ1) is 18.6. The van der Waals surface area contributed by atoms with E-state index in [1.165, 1.54) is 31.4 Å². The Labute approximate surface area is 154 Å². The molecular formula is C21H27FN2O2. The number of methoxy groups -OCH3 is 1. The first-order chi connectivity index (χ1) is 12.7. The Morgan fingerprint density at radius 3 is 2.62 bits per heavy atom. The van der Waals surface area contributed by atoms with Gasteiger partial charge >= 0.3 is 0 Å². The molecule has 3 rings (SSSR count). The van der Waals surface area contributed by atoms with E-state index in [9.17, 15) is 9.18 Å². The normalized spacial score (nSPS) is 15.2. The van der Waals surface area contributed by atoms with Gasteiger partial charge in [-0.3, -0.25) is 4.79 Å². The first-order valence-electron chi connectivity index (χ1n) is 9.34. The van der Waals surface area contributed by atoms with Gasteiger partial charge in [-0.25, -0.2) is 4.39 Å². The summed E-state index contributed by atoms with van der Waals surface area (Å²) in [6.07, 6.45) is 7.75. The zero-order valence-electron chi connectivity index (χ0n) is 15.4. The maximum absolute atomic E-state index is 13.1. The lowest BCUT2D eigenvalue weighted by atomic mass is 9.94. The van der Waals surface area contributed by atoms with E-state index in [4.69, 9.17) is 4.74 Å². The topological polar surface area (TPSA) is 34.5 Å². The number of carbonyl (C=O) groups is 1. The Morgan fingerprint density at radius 1 is 1.19 bits per heavy atom. The third-order valence-corrected chi connectivity index (χ3v) is 5.13. The maximum Gasteiger partial charge on any atom is 0.249 e. The Hall–Kier alpha value is -2.14. The SMILES string of the molecule is COCC(=O)N(Cc1cccn1Cc1ccc(F)cc1)C1CCCCC1. The molecule has 1 heterocycles. The predicted octanol–water partition coefficient (Wildman–Crippen LogP) is 3.98. The third kappa shape index (κ3) is 4.73. The average molecular weight is 358 g/mol. The number of hydrogen-bond acceptors (Lipinski definition) is 2. The zero-order valence-corrected chi connectivity index (χ0v) is 15.4. The lowest BCUT2D eigenvalue weighted by molar-refractivity contribution is -0.139. The molecule has 1 amide bonds. The molecule has 1 aliphatic rings. The second-order valence-electron chi connectivity index (χ2n) is 7.00. The number of benzene rings is 1. The molecular weight excluding hydrogens is 331 g/mol. The van der Waals surface area contributed by atoms with Gasteiger partial charge in [0, 0.05) is 31.6 Å². The first-order valence-corrected chi connectivity index (χ1v) is 9.34. The van der Waals surface area contributed by atoms with Crippen LogP contribution in [0.25, 0.3) is 0 Å². The molecule has 1 aromatic carbocycles. The molecule has 140 valence electrons. The zero-order chi connectivity index (χ0) is 18.4. The van der Waals surface area contributed by atoms with Crippen LogP contribution in [0.4, 0.5) is 4.39 Å². The molecule has 1 saturated carbocycles. The minimum Gasteiger partial charge on any atom is -0.375 e. The predicted molar refractivity (Wildman–Crippen MR) is 99.2 cm³/mol. The highest BCUT2D eigenvalue weighted by Gasteiger charge is 2.26. The smallest absolute Gasteiger partial charge is 0.249 e. The van der Waals surface area contributed by atoms with Crippen LogP contribution < -0.4 is 0 Å². The van der Waals surface area contributed by atoms with Gasteiger partial charge in [0.1, 0.15) is 12.4 Å². The van der Waals surface area contributed by atoms with Crippen LogP contribution in [-0.4, -0.2) is 35.1 Å². The van der Waals surface area contributed by atoms with Crippen molar-refractivity contribution in [2.24, 2.45) is 0 Å². The van der Waals surface area contributed by atoms with Crippen molar-refractivity contribution in [2.75, 3.05) is 13.7 Å². The van der Waals surface area contributed by atoms with Gasteiger partial charge in [0.05, 0.1) is 6.54 Å². The molecule has 26 heavy (non-hydrogen) atoms. The number of ether oxygens (including phenoxy) is 1. The maximum atomic E-state index is 13.1. The molecule has 0 radical (unpaired) electrons. The number of aromatic nitrogens is 1. The Kier molecular flexibility index (Phi) is 6.45. The number of halogens is 1. The van der Waals surface area contributed by atoms with Crippen LogP contribution in [0.3, 0.4) is 0 Å². The van der Waals surface area contributed by atoms with Crippen LogP contribution in [0.15, 0.2) is 42.6 Å². The second kappa shape index (κ2) is 8.99. The van der Waals surface area contributed by atoms with E-state index in [2.05, 4.69) is 10.6 Å². The van der Waals surface area contributed by atoms with E-state index in [1.54, 1.807) is 19.2 Å². The summed E-state index contributed by atoms with van der Waals surface area (Å²) in [7, 11) is 1.56. The van der Waals surface area contributed by atoms with E-state index in [0.29, 0.717) is 19.1 Å². The average Bonchev–Trinajstić information content (AvgIpc) is 3.09. The third-order valence-electron chi connectivity index (χ3n) is 5.13. The van der Waals surface area contributed by atoms with Crippen molar-refractivity contribution in [3.63, 3.8) is 0 Å².